The summed E-state index contributed by atoms with van der Waals surface area (Å²) in [6.45, 7) is 1.82. The van der Waals surface area contributed by atoms with Gasteiger partial charge < -0.3 is 11.1 Å². The average molecular weight is 296 g/mol. The van der Waals surface area contributed by atoms with Crippen LogP contribution in [-0.2, 0) is 0 Å². The third-order valence-corrected chi connectivity index (χ3v) is 2.76. The summed E-state index contributed by atoms with van der Waals surface area (Å²) in [5, 5.41) is 3.07. The molecule has 3 nitrogen and oxygen atoms in total. The van der Waals surface area contributed by atoms with E-state index in [0.717, 1.165) is 15.7 Å². The van der Waals surface area contributed by atoms with Crippen molar-refractivity contribution in [3.63, 3.8) is 0 Å². The molecule has 0 saturated carbocycles. The molecule has 2 aromatic rings. The summed E-state index contributed by atoms with van der Waals surface area (Å²) >= 11 is 3.29. The number of aryl methyl sites for hydroxylation is 1. The zero-order valence-electron chi connectivity index (χ0n) is 9.17. The summed E-state index contributed by atoms with van der Waals surface area (Å²) in [5.41, 5.74) is 7.94. The number of nitrogens with one attached hydrogen (secondary N) is 1. The van der Waals surface area contributed by atoms with Crippen LogP contribution >= 0.6 is 15.9 Å². The second kappa shape index (κ2) is 4.71. The topological polar surface area (TPSA) is 50.9 Å². The summed E-state index contributed by atoms with van der Waals surface area (Å²) in [5.74, 6) is 0.299. The molecular formula is C12H11BrFN3. The molecule has 0 aliphatic rings. The zero-order chi connectivity index (χ0) is 12.4. The van der Waals surface area contributed by atoms with Gasteiger partial charge in [-0.2, -0.15) is 0 Å². The number of nitrogens with two attached hydrogens (primary N) is 1. The first kappa shape index (κ1) is 11.9. The van der Waals surface area contributed by atoms with Gasteiger partial charge in [0.25, 0.3) is 0 Å². The quantitative estimate of drug-likeness (QED) is 0.890. The maximum atomic E-state index is 12.9. The van der Waals surface area contributed by atoms with Gasteiger partial charge in [0.2, 0.25) is 0 Å². The van der Waals surface area contributed by atoms with E-state index in [2.05, 4.69) is 26.2 Å². The molecule has 1 aromatic heterocycles. The molecule has 0 aliphatic heterocycles. The maximum absolute atomic E-state index is 12.9. The Morgan fingerprint density at radius 1 is 1.35 bits per heavy atom. The molecular weight excluding hydrogens is 285 g/mol. The Bertz CT molecular complexity index is 508. The van der Waals surface area contributed by atoms with Crippen LogP contribution < -0.4 is 11.1 Å². The van der Waals surface area contributed by atoms with Gasteiger partial charge in [-0.1, -0.05) is 0 Å². The molecule has 17 heavy (non-hydrogen) atoms. The van der Waals surface area contributed by atoms with Gasteiger partial charge in [-0.15, -0.1) is 0 Å². The van der Waals surface area contributed by atoms with Crippen molar-refractivity contribution in [1.29, 1.82) is 0 Å². The Morgan fingerprint density at radius 3 is 2.76 bits per heavy atom. The number of nitrogens with zero attached hydrogens (tertiary/aromatic N) is 1. The summed E-state index contributed by atoms with van der Waals surface area (Å²) in [4.78, 5) is 4.16. The van der Waals surface area contributed by atoms with Gasteiger partial charge in [0.05, 0.1) is 5.69 Å². The van der Waals surface area contributed by atoms with Crippen LogP contribution in [0.1, 0.15) is 5.56 Å². The van der Waals surface area contributed by atoms with Crippen LogP contribution in [0.25, 0.3) is 0 Å². The maximum Gasteiger partial charge on any atom is 0.153 e. The number of anilines is 3. The number of pyridine rings is 1. The minimum Gasteiger partial charge on any atom is -0.396 e. The van der Waals surface area contributed by atoms with E-state index in [9.17, 15) is 4.39 Å². The fourth-order valence-electron chi connectivity index (χ4n) is 1.45. The summed E-state index contributed by atoms with van der Waals surface area (Å²) in [6.07, 6.45) is 1.65. The Labute approximate surface area is 107 Å². The van der Waals surface area contributed by atoms with Crippen LogP contribution in [-0.4, -0.2) is 4.98 Å². The highest BCUT2D eigenvalue weighted by molar-refractivity contribution is 9.10. The predicted molar refractivity (Wildman–Crippen MR) is 70.8 cm³/mol. The number of aromatic nitrogens is 1. The molecule has 88 valence electrons. The van der Waals surface area contributed by atoms with Crippen LogP contribution in [0, 0.1) is 12.7 Å². The minimum absolute atomic E-state index is 0.259. The average Bonchev–Trinajstić information content (AvgIpc) is 2.25. The molecule has 0 radical (unpaired) electrons. The van der Waals surface area contributed by atoms with Crippen LogP contribution in [0.15, 0.2) is 34.9 Å². The lowest BCUT2D eigenvalue weighted by atomic mass is 10.2. The molecule has 3 N–H and O–H groups in total. The minimum atomic E-state index is -0.259. The van der Waals surface area contributed by atoms with Gasteiger partial charge in [-0.25, -0.2) is 9.37 Å². The van der Waals surface area contributed by atoms with Crippen molar-refractivity contribution in [2.24, 2.45) is 0 Å². The molecule has 1 heterocycles. The highest BCUT2D eigenvalue weighted by Gasteiger charge is 2.04. The van der Waals surface area contributed by atoms with Crippen molar-refractivity contribution in [2.45, 2.75) is 6.92 Å². The summed E-state index contributed by atoms with van der Waals surface area (Å²) < 4.78 is 13.8. The molecule has 5 heteroatoms. The highest BCUT2D eigenvalue weighted by Crippen LogP contribution is 2.25. The lowest BCUT2D eigenvalue weighted by molar-refractivity contribution is 0.627. The smallest absolute Gasteiger partial charge is 0.153 e. The number of halogens is 2. The third-order valence-electron chi connectivity index (χ3n) is 2.33. The molecule has 1 aromatic carbocycles. The van der Waals surface area contributed by atoms with Crippen molar-refractivity contribution >= 4 is 33.1 Å². The molecule has 0 atom stereocenters. The first-order chi connectivity index (χ1) is 8.06. The predicted octanol–water partition coefficient (Wildman–Crippen LogP) is 3.62. The van der Waals surface area contributed by atoms with Crippen molar-refractivity contribution < 1.29 is 4.39 Å². The number of hydrogen-bond donors (Lipinski definition) is 2. The van der Waals surface area contributed by atoms with Gasteiger partial charge in [0, 0.05) is 16.4 Å². The van der Waals surface area contributed by atoms with Gasteiger partial charge in [-0.05, 0) is 52.7 Å². The van der Waals surface area contributed by atoms with Crippen LogP contribution in [0.3, 0.4) is 0 Å². The van der Waals surface area contributed by atoms with Gasteiger partial charge >= 0.3 is 0 Å². The van der Waals surface area contributed by atoms with Crippen molar-refractivity contribution in [3.8, 4) is 0 Å². The lowest BCUT2D eigenvalue weighted by Crippen LogP contribution is -2.00. The van der Waals surface area contributed by atoms with E-state index >= 15 is 0 Å². The Kier molecular flexibility index (Phi) is 3.28. The van der Waals surface area contributed by atoms with E-state index in [1.807, 2.05) is 6.92 Å². The number of rotatable bonds is 2. The standard InChI is InChI=1S/C12H11BrFN3/c1-7-4-9(14)2-3-11(7)17-12-10(15)5-8(13)6-16-12/h2-6H,15H2,1H3,(H,16,17). The van der Waals surface area contributed by atoms with Crippen molar-refractivity contribution in [2.75, 3.05) is 11.1 Å². The second-order valence-corrected chi connectivity index (χ2v) is 4.59. The normalized spacial score (nSPS) is 10.3. The van der Waals surface area contributed by atoms with E-state index in [1.54, 1.807) is 18.3 Å². The molecule has 0 unspecified atom stereocenters. The molecule has 0 saturated heterocycles. The van der Waals surface area contributed by atoms with Crippen LogP contribution in [0.5, 0.6) is 0 Å². The lowest BCUT2D eigenvalue weighted by Gasteiger charge is -2.10. The van der Waals surface area contributed by atoms with E-state index in [-0.39, 0.29) is 5.82 Å². The first-order valence-electron chi connectivity index (χ1n) is 5.00. The van der Waals surface area contributed by atoms with E-state index in [4.69, 9.17) is 5.73 Å². The van der Waals surface area contributed by atoms with Gasteiger partial charge in [-0.3, -0.25) is 0 Å². The fourth-order valence-corrected chi connectivity index (χ4v) is 1.80. The highest BCUT2D eigenvalue weighted by atomic mass is 79.9. The molecule has 0 bridgehead atoms. The Morgan fingerprint density at radius 2 is 2.12 bits per heavy atom. The van der Waals surface area contributed by atoms with Crippen molar-refractivity contribution in [1.82, 2.24) is 4.98 Å². The largest absolute Gasteiger partial charge is 0.396 e. The summed E-state index contributed by atoms with van der Waals surface area (Å²) in [6, 6.07) is 6.27. The van der Waals surface area contributed by atoms with E-state index in [1.165, 1.54) is 12.1 Å². The number of nitrogen functional groups attached to an aromatic ring is 1. The van der Waals surface area contributed by atoms with E-state index < -0.39 is 0 Å². The van der Waals surface area contributed by atoms with Crippen LogP contribution in [0.4, 0.5) is 21.6 Å². The van der Waals surface area contributed by atoms with Gasteiger partial charge in [0.1, 0.15) is 5.82 Å². The Hall–Kier alpha value is -1.62. The monoisotopic (exact) mass is 295 g/mol. The summed E-state index contributed by atoms with van der Waals surface area (Å²) in [7, 11) is 0. The molecule has 0 fully saturated rings. The third kappa shape index (κ3) is 2.74. The zero-order valence-corrected chi connectivity index (χ0v) is 10.8. The molecule has 2 rings (SSSR count). The van der Waals surface area contributed by atoms with E-state index in [0.29, 0.717) is 11.5 Å². The fraction of sp³-hybridized carbons (Fsp3) is 0.0833. The van der Waals surface area contributed by atoms with Crippen LogP contribution in [0.2, 0.25) is 0 Å². The second-order valence-electron chi connectivity index (χ2n) is 3.68. The van der Waals surface area contributed by atoms with Crippen molar-refractivity contribution in [3.05, 3.63) is 46.3 Å². The number of benzene rings is 1. The van der Waals surface area contributed by atoms with Gasteiger partial charge in [0.15, 0.2) is 5.82 Å². The molecule has 0 amide bonds. The SMILES string of the molecule is Cc1cc(F)ccc1Nc1ncc(Br)cc1N. The first-order valence-corrected chi connectivity index (χ1v) is 5.80. The Balaban J connectivity index is 2.31. The molecule has 0 spiro atoms. The number of hydrogen-bond acceptors (Lipinski definition) is 3. The molecule has 0 aliphatic carbocycles.